The van der Waals surface area contributed by atoms with Gasteiger partial charge in [0.1, 0.15) is 0 Å². The highest BCUT2D eigenvalue weighted by molar-refractivity contribution is 6.00. The summed E-state index contributed by atoms with van der Waals surface area (Å²) in [6.07, 6.45) is 1.70. The zero-order valence-corrected chi connectivity index (χ0v) is 10.6. The summed E-state index contributed by atoms with van der Waals surface area (Å²) in [6, 6.07) is 6.30. The number of amides is 1. The highest BCUT2D eigenvalue weighted by Crippen LogP contribution is 2.28. The molecule has 1 amide bonds. The molecule has 0 aromatic heterocycles. The third-order valence-corrected chi connectivity index (χ3v) is 3.69. The number of morpholine rings is 1. The van der Waals surface area contributed by atoms with Crippen LogP contribution in [0.5, 0.6) is 0 Å². The minimum absolute atomic E-state index is 0.178. The molecule has 0 spiro atoms. The maximum Gasteiger partial charge on any atom is 0.231 e. The van der Waals surface area contributed by atoms with Gasteiger partial charge >= 0.3 is 0 Å². The summed E-state index contributed by atoms with van der Waals surface area (Å²) in [5.41, 5.74) is 3.45. The van der Waals surface area contributed by atoms with E-state index in [-0.39, 0.29) is 12.0 Å². The fourth-order valence-electron chi connectivity index (χ4n) is 2.66. The summed E-state index contributed by atoms with van der Waals surface area (Å²) in [6.45, 7) is 2.65. The molecule has 1 unspecified atom stereocenters. The molecule has 1 aromatic carbocycles. The second-order valence-electron chi connectivity index (χ2n) is 4.99. The van der Waals surface area contributed by atoms with E-state index in [1.54, 1.807) is 4.90 Å². The van der Waals surface area contributed by atoms with E-state index in [9.17, 15) is 4.79 Å². The Morgan fingerprint density at radius 2 is 2.39 bits per heavy atom. The fraction of sp³-hybridized carbons (Fsp3) is 0.500. The molecule has 1 saturated heterocycles. The number of nitrogens with zero attached hydrogens (tertiary/aromatic N) is 1. The Balaban J connectivity index is 1.75. The van der Waals surface area contributed by atoms with Crippen molar-refractivity contribution in [3.05, 3.63) is 29.3 Å². The number of hydrogen-bond acceptors (Lipinski definition) is 3. The Kier molecular flexibility index (Phi) is 3.06. The summed E-state index contributed by atoms with van der Waals surface area (Å²) in [5.74, 6) is 0.178. The van der Waals surface area contributed by atoms with Gasteiger partial charge < -0.3 is 15.0 Å². The smallest absolute Gasteiger partial charge is 0.231 e. The van der Waals surface area contributed by atoms with Gasteiger partial charge in [-0.05, 0) is 23.6 Å². The monoisotopic (exact) mass is 246 g/mol. The molecule has 1 N–H and O–H groups in total. The van der Waals surface area contributed by atoms with Crippen LogP contribution in [0.15, 0.2) is 18.2 Å². The number of anilines is 1. The number of ether oxygens (including phenoxy) is 1. The Labute approximate surface area is 107 Å². The zero-order valence-electron chi connectivity index (χ0n) is 10.6. The minimum atomic E-state index is 0.178. The van der Waals surface area contributed by atoms with E-state index in [1.807, 2.05) is 13.1 Å². The number of fused-ring (bicyclic) bond motifs is 1. The van der Waals surface area contributed by atoms with E-state index >= 15 is 0 Å². The van der Waals surface area contributed by atoms with E-state index in [4.69, 9.17) is 4.74 Å². The number of carbonyl (C=O) groups excluding carboxylic acids is 1. The number of carbonyl (C=O) groups is 1. The zero-order chi connectivity index (χ0) is 12.5. The number of likely N-dealkylation sites (N-methyl/N-ethyl adjacent to an activating group) is 1. The van der Waals surface area contributed by atoms with E-state index in [1.165, 1.54) is 5.56 Å². The van der Waals surface area contributed by atoms with Gasteiger partial charge in [-0.15, -0.1) is 0 Å². The first-order valence-corrected chi connectivity index (χ1v) is 6.45. The molecule has 96 valence electrons. The van der Waals surface area contributed by atoms with Crippen molar-refractivity contribution < 1.29 is 9.53 Å². The molecule has 4 heteroatoms. The predicted octanol–water partition coefficient (Wildman–Crippen LogP) is 0.736. The second-order valence-corrected chi connectivity index (χ2v) is 4.99. The molecule has 0 bridgehead atoms. The van der Waals surface area contributed by atoms with Crippen molar-refractivity contribution in [2.75, 3.05) is 31.6 Å². The number of rotatable bonds is 2. The Morgan fingerprint density at radius 3 is 3.17 bits per heavy atom. The molecular weight excluding hydrogens is 228 g/mol. The molecule has 1 fully saturated rings. The average molecular weight is 246 g/mol. The molecule has 2 aliphatic rings. The fourth-order valence-corrected chi connectivity index (χ4v) is 2.66. The average Bonchev–Trinajstić information content (AvgIpc) is 2.66. The van der Waals surface area contributed by atoms with Crippen LogP contribution in [-0.4, -0.2) is 38.8 Å². The van der Waals surface area contributed by atoms with Crippen molar-refractivity contribution in [1.29, 1.82) is 0 Å². The van der Waals surface area contributed by atoms with Gasteiger partial charge in [0.15, 0.2) is 0 Å². The second kappa shape index (κ2) is 4.71. The van der Waals surface area contributed by atoms with Crippen LogP contribution in [0.25, 0.3) is 0 Å². The number of nitrogens with one attached hydrogen (secondary N) is 1. The van der Waals surface area contributed by atoms with E-state index in [0.717, 1.165) is 37.4 Å². The Hall–Kier alpha value is -1.39. The van der Waals surface area contributed by atoms with Crippen molar-refractivity contribution in [2.45, 2.75) is 18.9 Å². The number of benzene rings is 1. The molecular formula is C14H18N2O2. The summed E-state index contributed by atoms with van der Waals surface area (Å²) in [7, 11) is 1.84. The molecule has 4 nitrogen and oxygen atoms in total. The normalized spacial score (nSPS) is 23.3. The topological polar surface area (TPSA) is 41.6 Å². The molecule has 3 rings (SSSR count). The molecule has 1 aromatic rings. The van der Waals surface area contributed by atoms with E-state index < -0.39 is 0 Å². The first-order chi connectivity index (χ1) is 8.74. The highest BCUT2D eigenvalue weighted by atomic mass is 16.5. The third-order valence-electron chi connectivity index (χ3n) is 3.69. The lowest BCUT2D eigenvalue weighted by Crippen LogP contribution is -2.39. The van der Waals surface area contributed by atoms with Crippen LogP contribution in [0.3, 0.4) is 0 Å². The van der Waals surface area contributed by atoms with Gasteiger partial charge in [-0.2, -0.15) is 0 Å². The van der Waals surface area contributed by atoms with Crippen molar-refractivity contribution in [3.63, 3.8) is 0 Å². The first kappa shape index (κ1) is 11.7. The van der Waals surface area contributed by atoms with Crippen LogP contribution in [0.2, 0.25) is 0 Å². The lowest BCUT2D eigenvalue weighted by atomic mass is 10.0. The van der Waals surface area contributed by atoms with Crippen LogP contribution in [0.4, 0.5) is 5.69 Å². The summed E-state index contributed by atoms with van der Waals surface area (Å²) < 4.78 is 5.70. The minimum Gasteiger partial charge on any atom is -0.375 e. The largest absolute Gasteiger partial charge is 0.375 e. The summed E-state index contributed by atoms with van der Waals surface area (Å²) in [5, 5.41) is 3.33. The van der Waals surface area contributed by atoms with E-state index in [2.05, 4.69) is 17.4 Å². The lowest BCUT2D eigenvalue weighted by molar-refractivity contribution is -0.117. The van der Waals surface area contributed by atoms with Gasteiger partial charge in [0.2, 0.25) is 5.91 Å². The maximum absolute atomic E-state index is 11.6. The van der Waals surface area contributed by atoms with Gasteiger partial charge in [-0.1, -0.05) is 12.1 Å². The van der Waals surface area contributed by atoms with Crippen molar-refractivity contribution in [1.82, 2.24) is 5.32 Å². The van der Waals surface area contributed by atoms with Crippen LogP contribution in [0, 0.1) is 0 Å². The molecule has 0 radical (unpaired) electrons. The Bertz CT molecular complexity index is 467. The van der Waals surface area contributed by atoms with Crippen LogP contribution in [0.1, 0.15) is 11.1 Å². The molecule has 0 saturated carbocycles. The SMILES string of the molecule is CN1C(=O)Cc2cc(CC3CNCCO3)ccc21. The maximum atomic E-state index is 11.6. The van der Waals surface area contributed by atoms with Gasteiger partial charge in [0, 0.05) is 25.8 Å². The first-order valence-electron chi connectivity index (χ1n) is 6.45. The van der Waals surface area contributed by atoms with E-state index in [0.29, 0.717) is 6.42 Å². The van der Waals surface area contributed by atoms with Crippen LogP contribution < -0.4 is 10.2 Å². The molecule has 1 atom stereocenters. The van der Waals surface area contributed by atoms with Crippen LogP contribution in [-0.2, 0) is 22.4 Å². The summed E-state index contributed by atoms with van der Waals surface area (Å²) in [4.78, 5) is 13.4. The highest BCUT2D eigenvalue weighted by Gasteiger charge is 2.24. The van der Waals surface area contributed by atoms with Gasteiger partial charge in [0.25, 0.3) is 0 Å². The van der Waals surface area contributed by atoms with Gasteiger partial charge in [-0.3, -0.25) is 4.79 Å². The molecule has 18 heavy (non-hydrogen) atoms. The lowest BCUT2D eigenvalue weighted by Gasteiger charge is -2.23. The molecule has 0 aliphatic carbocycles. The standard InChI is InChI=1S/C14H18N2O2/c1-16-13-3-2-10(6-11(13)8-14(16)17)7-12-9-15-4-5-18-12/h2-3,6,12,15H,4-5,7-9H2,1H3. The molecule has 2 heterocycles. The third kappa shape index (κ3) is 2.13. The molecule has 2 aliphatic heterocycles. The van der Waals surface area contributed by atoms with Crippen molar-refractivity contribution in [2.24, 2.45) is 0 Å². The van der Waals surface area contributed by atoms with Crippen molar-refractivity contribution in [3.8, 4) is 0 Å². The van der Waals surface area contributed by atoms with Gasteiger partial charge in [0.05, 0.1) is 19.1 Å². The van der Waals surface area contributed by atoms with Gasteiger partial charge in [-0.25, -0.2) is 0 Å². The summed E-state index contributed by atoms with van der Waals surface area (Å²) >= 11 is 0. The Morgan fingerprint density at radius 1 is 1.50 bits per heavy atom. The quantitative estimate of drug-likeness (QED) is 0.836. The predicted molar refractivity (Wildman–Crippen MR) is 69.9 cm³/mol. The van der Waals surface area contributed by atoms with Crippen molar-refractivity contribution >= 4 is 11.6 Å². The number of hydrogen-bond donors (Lipinski definition) is 1. The van der Waals surface area contributed by atoms with Crippen LogP contribution >= 0.6 is 0 Å².